The van der Waals surface area contributed by atoms with Crippen LogP contribution < -0.4 is 0 Å². The van der Waals surface area contributed by atoms with Crippen molar-refractivity contribution < 1.29 is 0 Å². The molecule has 1 unspecified atom stereocenters. The SMILES string of the molecule is CCC(CSC)n1nnnc1CCl. The Balaban J connectivity index is 2.77. The van der Waals surface area contributed by atoms with Crippen molar-refractivity contribution >= 4 is 23.4 Å². The number of nitrogens with zero attached hydrogens (tertiary/aromatic N) is 4. The summed E-state index contributed by atoms with van der Waals surface area (Å²) in [6.45, 7) is 2.13. The van der Waals surface area contributed by atoms with Crippen LogP contribution in [0.25, 0.3) is 0 Å². The third-order valence-electron chi connectivity index (χ3n) is 1.86. The topological polar surface area (TPSA) is 43.6 Å². The molecule has 0 aliphatic rings. The molecular formula is C7H13ClN4S. The number of thioether (sulfide) groups is 1. The van der Waals surface area contributed by atoms with Gasteiger partial charge in [-0.25, -0.2) is 4.68 Å². The van der Waals surface area contributed by atoms with Gasteiger partial charge >= 0.3 is 0 Å². The third-order valence-corrected chi connectivity index (χ3v) is 2.81. The van der Waals surface area contributed by atoms with Gasteiger partial charge in [0.1, 0.15) is 0 Å². The van der Waals surface area contributed by atoms with Crippen molar-refractivity contribution in [2.24, 2.45) is 0 Å². The maximum Gasteiger partial charge on any atom is 0.166 e. The van der Waals surface area contributed by atoms with Crippen LogP contribution in [0.3, 0.4) is 0 Å². The Labute approximate surface area is 87.0 Å². The summed E-state index contributed by atoms with van der Waals surface area (Å²) in [5.41, 5.74) is 0. The summed E-state index contributed by atoms with van der Waals surface area (Å²) in [5.74, 6) is 2.14. The maximum atomic E-state index is 5.70. The van der Waals surface area contributed by atoms with Crippen molar-refractivity contribution in [2.45, 2.75) is 25.3 Å². The van der Waals surface area contributed by atoms with Gasteiger partial charge in [0.2, 0.25) is 0 Å². The van der Waals surface area contributed by atoms with Gasteiger partial charge in [0.05, 0.1) is 11.9 Å². The molecule has 0 spiro atoms. The number of halogens is 1. The molecule has 0 saturated carbocycles. The summed E-state index contributed by atoms with van der Waals surface area (Å²) in [7, 11) is 0. The molecule has 1 aromatic rings. The van der Waals surface area contributed by atoms with Crippen molar-refractivity contribution in [2.75, 3.05) is 12.0 Å². The Hall–Kier alpha value is -0.290. The van der Waals surface area contributed by atoms with E-state index >= 15 is 0 Å². The second-order valence-corrected chi connectivity index (χ2v) is 3.87. The van der Waals surface area contributed by atoms with Gasteiger partial charge in [-0.2, -0.15) is 11.8 Å². The second-order valence-electron chi connectivity index (χ2n) is 2.69. The van der Waals surface area contributed by atoms with Gasteiger partial charge in [-0.05, 0) is 23.1 Å². The molecule has 0 aliphatic carbocycles. The minimum absolute atomic E-state index is 0.360. The molecule has 0 amide bonds. The van der Waals surface area contributed by atoms with Crippen LogP contribution in [0.1, 0.15) is 25.2 Å². The molecular weight excluding hydrogens is 208 g/mol. The fourth-order valence-electron chi connectivity index (χ4n) is 1.14. The summed E-state index contributed by atoms with van der Waals surface area (Å²) in [6, 6.07) is 0.360. The zero-order chi connectivity index (χ0) is 9.68. The highest BCUT2D eigenvalue weighted by Gasteiger charge is 2.13. The van der Waals surface area contributed by atoms with E-state index in [2.05, 4.69) is 28.7 Å². The quantitative estimate of drug-likeness (QED) is 0.709. The summed E-state index contributed by atoms with van der Waals surface area (Å²) in [5, 5.41) is 11.4. The lowest BCUT2D eigenvalue weighted by molar-refractivity contribution is 0.460. The number of tetrazole rings is 1. The Morgan fingerprint density at radius 1 is 1.62 bits per heavy atom. The Kier molecular flexibility index (Phi) is 4.52. The average molecular weight is 221 g/mol. The van der Waals surface area contributed by atoms with E-state index in [0.717, 1.165) is 18.0 Å². The molecule has 0 bridgehead atoms. The van der Waals surface area contributed by atoms with Crippen LogP contribution in [0.2, 0.25) is 0 Å². The highest BCUT2D eigenvalue weighted by atomic mass is 35.5. The van der Waals surface area contributed by atoms with E-state index in [9.17, 15) is 0 Å². The van der Waals surface area contributed by atoms with Gasteiger partial charge in [-0.3, -0.25) is 0 Å². The van der Waals surface area contributed by atoms with Crippen LogP contribution in [0.4, 0.5) is 0 Å². The van der Waals surface area contributed by atoms with Crippen LogP contribution in [0.5, 0.6) is 0 Å². The first-order chi connectivity index (χ1) is 6.33. The monoisotopic (exact) mass is 220 g/mol. The van der Waals surface area contributed by atoms with Crippen LogP contribution in [-0.2, 0) is 5.88 Å². The lowest BCUT2D eigenvalue weighted by atomic mass is 10.2. The Morgan fingerprint density at radius 3 is 2.92 bits per heavy atom. The molecule has 6 heteroatoms. The van der Waals surface area contributed by atoms with Crippen molar-refractivity contribution in [1.82, 2.24) is 20.2 Å². The highest BCUT2D eigenvalue weighted by molar-refractivity contribution is 7.98. The normalized spacial score (nSPS) is 13.2. The molecule has 4 nitrogen and oxygen atoms in total. The molecule has 1 atom stereocenters. The molecule has 1 aromatic heterocycles. The van der Waals surface area contributed by atoms with E-state index in [0.29, 0.717) is 11.9 Å². The van der Waals surface area contributed by atoms with Crippen LogP contribution in [0, 0.1) is 0 Å². The largest absolute Gasteiger partial charge is 0.224 e. The van der Waals surface area contributed by atoms with Gasteiger partial charge in [0.15, 0.2) is 5.82 Å². The standard InChI is InChI=1S/C7H13ClN4S/c1-3-6(5-13-2)12-7(4-8)9-10-11-12/h6H,3-5H2,1-2H3. The summed E-state index contributed by atoms with van der Waals surface area (Å²) >= 11 is 7.50. The maximum absolute atomic E-state index is 5.70. The zero-order valence-electron chi connectivity index (χ0n) is 7.77. The minimum Gasteiger partial charge on any atom is -0.224 e. The van der Waals surface area contributed by atoms with Crippen LogP contribution in [-0.4, -0.2) is 32.2 Å². The third kappa shape index (κ3) is 2.57. The Morgan fingerprint density at radius 2 is 2.38 bits per heavy atom. The summed E-state index contributed by atoms with van der Waals surface area (Å²) in [6.07, 6.45) is 3.10. The summed E-state index contributed by atoms with van der Waals surface area (Å²) in [4.78, 5) is 0. The molecule has 1 rings (SSSR count). The molecule has 0 fully saturated rings. The van der Waals surface area contributed by atoms with E-state index in [-0.39, 0.29) is 0 Å². The van der Waals surface area contributed by atoms with Crippen molar-refractivity contribution in [1.29, 1.82) is 0 Å². The first kappa shape index (κ1) is 10.8. The van der Waals surface area contributed by atoms with Crippen LogP contribution in [0.15, 0.2) is 0 Å². The number of aromatic nitrogens is 4. The van der Waals surface area contributed by atoms with Crippen molar-refractivity contribution in [3.63, 3.8) is 0 Å². The predicted octanol–water partition coefficient (Wildman–Crippen LogP) is 1.73. The first-order valence-electron chi connectivity index (χ1n) is 4.15. The molecule has 0 saturated heterocycles. The van der Waals surface area contributed by atoms with Crippen molar-refractivity contribution in [3.8, 4) is 0 Å². The summed E-state index contributed by atoms with van der Waals surface area (Å²) < 4.78 is 1.82. The zero-order valence-corrected chi connectivity index (χ0v) is 9.35. The lowest BCUT2D eigenvalue weighted by Crippen LogP contribution is -2.15. The van der Waals surface area contributed by atoms with E-state index in [1.807, 2.05) is 4.68 Å². The molecule has 0 aliphatic heterocycles. The number of rotatable bonds is 5. The molecule has 0 N–H and O–H groups in total. The van der Waals surface area contributed by atoms with Gasteiger partial charge in [0.25, 0.3) is 0 Å². The van der Waals surface area contributed by atoms with E-state index in [4.69, 9.17) is 11.6 Å². The molecule has 13 heavy (non-hydrogen) atoms. The first-order valence-corrected chi connectivity index (χ1v) is 6.08. The Bertz CT molecular complexity index is 252. The molecule has 1 heterocycles. The van der Waals surface area contributed by atoms with E-state index < -0.39 is 0 Å². The smallest absolute Gasteiger partial charge is 0.166 e. The van der Waals surface area contributed by atoms with Crippen molar-refractivity contribution in [3.05, 3.63) is 5.82 Å². The predicted molar refractivity (Wildman–Crippen MR) is 55.1 cm³/mol. The molecule has 0 radical (unpaired) electrons. The number of alkyl halides is 1. The highest BCUT2D eigenvalue weighted by Crippen LogP contribution is 2.16. The lowest BCUT2D eigenvalue weighted by Gasteiger charge is -2.13. The van der Waals surface area contributed by atoms with Gasteiger partial charge in [-0.1, -0.05) is 6.92 Å². The van der Waals surface area contributed by atoms with E-state index in [1.165, 1.54) is 0 Å². The number of hydrogen-bond acceptors (Lipinski definition) is 4. The van der Waals surface area contributed by atoms with E-state index in [1.54, 1.807) is 11.8 Å². The average Bonchev–Trinajstić information content (AvgIpc) is 2.61. The van der Waals surface area contributed by atoms with Gasteiger partial charge < -0.3 is 0 Å². The van der Waals surface area contributed by atoms with Gasteiger partial charge in [0, 0.05) is 5.75 Å². The fraction of sp³-hybridized carbons (Fsp3) is 0.857. The fourth-order valence-corrected chi connectivity index (χ4v) is 2.08. The minimum atomic E-state index is 0.360. The van der Waals surface area contributed by atoms with Gasteiger partial charge in [-0.15, -0.1) is 16.7 Å². The molecule has 74 valence electrons. The molecule has 0 aromatic carbocycles. The van der Waals surface area contributed by atoms with Crippen LogP contribution >= 0.6 is 23.4 Å². The number of hydrogen-bond donors (Lipinski definition) is 0. The second kappa shape index (κ2) is 5.44.